The van der Waals surface area contributed by atoms with Crippen LogP contribution in [0.1, 0.15) is 19.4 Å². The number of nitrogens with one attached hydrogen (secondary N) is 3. The Morgan fingerprint density at radius 1 is 1.00 bits per heavy atom. The number of aromatic nitrogens is 2. The van der Waals surface area contributed by atoms with Gasteiger partial charge in [0.25, 0.3) is 0 Å². The Bertz CT molecular complexity index is 1360. The molecule has 2 heterocycles. The maximum atomic E-state index is 12.5. The molecule has 0 saturated carbocycles. The van der Waals surface area contributed by atoms with Crippen molar-refractivity contribution in [2.45, 2.75) is 25.7 Å². The number of nitrogens with zero attached hydrogens (tertiary/aromatic N) is 3. The minimum Gasteiger partial charge on any atom is -0.492 e. The first-order valence-corrected chi connectivity index (χ1v) is 14.0. The van der Waals surface area contributed by atoms with E-state index >= 15 is 0 Å². The van der Waals surface area contributed by atoms with Crippen molar-refractivity contribution in [2.75, 3.05) is 62.1 Å². The SMILES string of the molecule is CCOc1cc(N2CCOCC2)c(OCC)cc1Nc1ncc(C)c(Nc2ccccc2S(=O)(=O)NC)n1. The van der Waals surface area contributed by atoms with Crippen LogP contribution in [0.25, 0.3) is 0 Å². The number of ether oxygens (including phenoxy) is 3. The van der Waals surface area contributed by atoms with Crippen LogP contribution < -0.4 is 29.7 Å². The van der Waals surface area contributed by atoms with E-state index in [1.807, 2.05) is 32.9 Å². The number of hydrogen-bond donors (Lipinski definition) is 3. The molecule has 3 N–H and O–H groups in total. The van der Waals surface area contributed by atoms with Crippen molar-refractivity contribution >= 4 is 38.9 Å². The standard InChI is InChI=1S/C26H34N6O5S/c1-5-36-22-16-21(32-11-13-35-14-12-32)23(37-6-2)15-20(22)30-26-28-17-18(3)25(31-26)29-19-9-7-8-10-24(19)38(33,34)27-4/h7-10,15-17,27H,5-6,11-14H2,1-4H3,(H2,28,29,30,31). The second-order valence-electron chi connectivity index (χ2n) is 8.46. The highest BCUT2D eigenvalue weighted by Crippen LogP contribution is 2.40. The van der Waals surface area contributed by atoms with Gasteiger partial charge < -0.3 is 29.7 Å². The van der Waals surface area contributed by atoms with E-state index < -0.39 is 10.0 Å². The largest absolute Gasteiger partial charge is 0.492 e. The molecule has 4 rings (SSSR count). The molecule has 2 aromatic carbocycles. The second kappa shape index (κ2) is 12.3. The van der Waals surface area contributed by atoms with E-state index in [1.165, 1.54) is 13.1 Å². The monoisotopic (exact) mass is 542 g/mol. The molecule has 11 nitrogen and oxygen atoms in total. The molecule has 1 aromatic heterocycles. The molecule has 0 radical (unpaired) electrons. The zero-order valence-corrected chi connectivity index (χ0v) is 22.9. The lowest BCUT2D eigenvalue weighted by atomic mass is 10.2. The number of benzene rings is 2. The molecule has 1 aliphatic heterocycles. The highest BCUT2D eigenvalue weighted by atomic mass is 32.2. The molecule has 0 amide bonds. The Morgan fingerprint density at radius 3 is 2.42 bits per heavy atom. The van der Waals surface area contributed by atoms with Gasteiger partial charge in [0.1, 0.15) is 22.2 Å². The molecule has 3 aromatic rings. The minimum atomic E-state index is -3.67. The van der Waals surface area contributed by atoms with E-state index in [2.05, 4.69) is 30.2 Å². The van der Waals surface area contributed by atoms with Gasteiger partial charge in [0.05, 0.1) is 43.5 Å². The van der Waals surface area contributed by atoms with Crippen LogP contribution in [-0.4, -0.2) is 65.0 Å². The van der Waals surface area contributed by atoms with Crippen LogP contribution in [0.5, 0.6) is 11.5 Å². The van der Waals surface area contributed by atoms with Gasteiger partial charge in [-0.2, -0.15) is 4.98 Å². The average Bonchev–Trinajstić information content (AvgIpc) is 2.93. The van der Waals surface area contributed by atoms with Crippen molar-refractivity contribution in [3.8, 4) is 11.5 Å². The van der Waals surface area contributed by atoms with E-state index in [9.17, 15) is 8.42 Å². The van der Waals surface area contributed by atoms with Crippen LogP contribution in [0.3, 0.4) is 0 Å². The van der Waals surface area contributed by atoms with Crippen molar-refractivity contribution in [3.63, 3.8) is 0 Å². The Hall–Kier alpha value is -3.61. The lowest BCUT2D eigenvalue weighted by Crippen LogP contribution is -2.36. The third-order valence-corrected chi connectivity index (χ3v) is 7.40. The molecule has 0 atom stereocenters. The predicted octanol–water partition coefficient (Wildman–Crippen LogP) is 3.81. The fourth-order valence-electron chi connectivity index (χ4n) is 4.04. The molecule has 0 spiro atoms. The lowest BCUT2D eigenvalue weighted by Gasteiger charge is -2.31. The number of rotatable bonds is 11. The van der Waals surface area contributed by atoms with E-state index in [4.69, 9.17) is 14.2 Å². The van der Waals surface area contributed by atoms with Crippen LogP contribution in [0.15, 0.2) is 47.5 Å². The van der Waals surface area contributed by atoms with Crippen LogP contribution in [0, 0.1) is 6.92 Å². The van der Waals surface area contributed by atoms with Gasteiger partial charge in [-0.1, -0.05) is 12.1 Å². The van der Waals surface area contributed by atoms with Gasteiger partial charge in [-0.05, 0) is 40.0 Å². The van der Waals surface area contributed by atoms with Gasteiger partial charge in [0.2, 0.25) is 16.0 Å². The Labute approximate surface area is 223 Å². The maximum absolute atomic E-state index is 12.5. The molecule has 12 heteroatoms. The van der Waals surface area contributed by atoms with Crippen molar-refractivity contribution in [1.29, 1.82) is 0 Å². The predicted molar refractivity (Wildman–Crippen MR) is 148 cm³/mol. The first-order chi connectivity index (χ1) is 18.4. The maximum Gasteiger partial charge on any atom is 0.242 e. The van der Waals surface area contributed by atoms with Gasteiger partial charge in [0, 0.05) is 37.0 Å². The number of anilines is 5. The second-order valence-corrected chi connectivity index (χ2v) is 10.3. The molecule has 1 saturated heterocycles. The van der Waals surface area contributed by atoms with Crippen molar-refractivity contribution in [2.24, 2.45) is 0 Å². The highest BCUT2D eigenvalue weighted by Gasteiger charge is 2.21. The lowest BCUT2D eigenvalue weighted by molar-refractivity contribution is 0.122. The summed E-state index contributed by atoms with van der Waals surface area (Å²) in [5.74, 6) is 2.14. The number of para-hydroxylation sites is 1. The molecule has 0 aliphatic carbocycles. The normalized spacial score (nSPS) is 13.7. The number of aryl methyl sites for hydroxylation is 1. The van der Waals surface area contributed by atoms with Gasteiger partial charge in [-0.15, -0.1) is 0 Å². The van der Waals surface area contributed by atoms with Crippen LogP contribution in [0.4, 0.5) is 28.8 Å². The Balaban J connectivity index is 1.68. The zero-order valence-electron chi connectivity index (χ0n) is 22.1. The van der Waals surface area contributed by atoms with E-state index in [0.29, 0.717) is 55.3 Å². The van der Waals surface area contributed by atoms with E-state index in [1.54, 1.807) is 24.4 Å². The molecule has 38 heavy (non-hydrogen) atoms. The summed E-state index contributed by atoms with van der Waals surface area (Å²) in [5.41, 5.74) is 2.74. The topological polar surface area (TPSA) is 127 Å². The number of sulfonamides is 1. The van der Waals surface area contributed by atoms with Gasteiger partial charge in [-0.3, -0.25) is 0 Å². The summed E-state index contributed by atoms with van der Waals surface area (Å²) in [6.07, 6.45) is 1.67. The van der Waals surface area contributed by atoms with Crippen molar-refractivity contribution in [1.82, 2.24) is 14.7 Å². The highest BCUT2D eigenvalue weighted by molar-refractivity contribution is 7.89. The van der Waals surface area contributed by atoms with Gasteiger partial charge >= 0.3 is 0 Å². The zero-order chi connectivity index (χ0) is 27.1. The van der Waals surface area contributed by atoms with Crippen LogP contribution in [-0.2, 0) is 14.8 Å². The molecule has 204 valence electrons. The molecule has 0 bridgehead atoms. The van der Waals surface area contributed by atoms with E-state index in [0.717, 1.165) is 30.1 Å². The summed E-state index contributed by atoms with van der Waals surface area (Å²) >= 11 is 0. The van der Waals surface area contributed by atoms with Crippen molar-refractivity contribution < 1.29 is 22.6 Å². The first kappa shape index (κ1) is 27.4. The Kier molecular flexibility index (Phi) is 8.87. The van der Waals surface area contributed by atoms with Crippen LogP contribution in [0.2, 0.25) is 0 Å². The molecular weight excluding hydrogens is 508 g/mol. The molecule has 0 unspecified atom stereocenters. The van der Waals surface area contributed by atoms with Gasteiger partial charge in [0.15, 0.2) is 0 Å². The molecular formula is C26H34N6O5S. The number of morpholine rings is 1. The third kappa shape index (κ3) is 6.26. The summed E-state index contributed by atoms with van der Waals surface area (Å²) in [7, 11) is -2.29. The summed E-state index contributed by atoms with van der Waals surface area (Å²) in [4.78, 5) is 11.4. The Morgan fingerprint density at radius 2 is 1.71 bits per heavy atom. The fraction of sp³-hybridized carbons (Fsp3) is 0.385. The molecule has 1 aliphatic rings. The third-order valence-electron chi connectivity index (χ3n) is 5.93. The van der Waals surface area contributed by atoms with Gasteiger partial charge in [-0.25, -0.2) is 18.1 Å². The summed E-state index contributed by atoms with van der Waals surface area (Å²) < 4.78 is 44.8. The summed E-state index contributed by atoms with van der Waals surface area (Å²) in [6.45, 7) is 9.53. The quantitative estimate of drug-likeness (QED) is 0.329. The minimum absolute atomic E-state index is 0.119. The fourth-order valence-corrected chi connectivity index (χ4v) is 4.92. The number of hydrogen-bond acceptors (Lipinski definition) is 10. The van der Waals surface area contributed by atoms with Crippen molar-refractivity contribution in [3.05, 3.63) is 48.2 Å². The average molecular weight is 543 g/mol. The van der Waals surface area contributed by atoms with Crippen LogP contribution >= 0.6 is 0 Å². The smallest absolute Gasteiger partial charge is 0.242 e. The summed E-state index contributed by atoms with van der Waals surface area (Å²) in [5, 5.41) is 6.40. The van der Waals surface area contributed by atoms with E-state index in [-0.39, 0.29) is 4.90 Å². The first-order valence-electron chi connectivity index (χ1n) is 12.5. The molecule has 1 fully saturated rings. The summed E-state index contributed by atoms with van der Waals surface area (Å²) in [6, 6.07) is 10.5.